The average molecular weight is 253 g/mol. The van der Waals surface area contributed by atoms with Crippen molar-refractivity contribution in [2.75, 3.05) is 12.4 Å². The van der Waals surface area contributed by atoms with Gasteiger partial charge in [0.1, 0.15) is 0 Å². The molecule has 0 saturated carbocycles. The Labute approximate surface area is 111 Å². The van der Waals surface area contributed by atoms with Crippen molar-refractivity contribution >= 4 is 27.8 Å². The number of aryl methyl sites for hydroxylation is 1. The summed E-state index contributed by atoms with van der Waals surface area (Å²) in [4.78, 5) is 1.31. The van der Waals surface area contributed by atoms with Gasteiger partial charge in [0, 0.05) is 23.0 Å². The molecule has 0 unspecified atom stereocenters. The summed E-state index contributed by atoms with van der Waals surface area (Å²) < 4.78 is 0. The second-order valence-corrected chi connectivity index (χ2v) is 5.43. The second kappa shape index (κ2) is 4.46. The molecule has 2 heteroatoms. The van der Waals surface area contributed by atoms with Crippen LogP contribution in [-0.2, 0) is 0 Å². The molecule has 0 aliphatic carbocycles. The van der Waals surface area contributed by atoms with Gasteiger partial charge in [-0.05, 0) is 35.4 Å². The first-order valence-corrected chi connectivity index (χ1v) is 6.91. The maximum Gasteiger partial charge on any atom is 0.0452 e. The van der Waals surface area contributed by atoms with Gasteiger partial charge in [-0.15, -0.1) is 11.3 Å². The molecule has 3 rings (SSSR count). The van der Waals surface area contributed by atoms with E-state index in [0.717, 1.165) is 0 Å². The molecule has 0 spiro atoms. The van der Waals surface area contributed by atoms with E-state index < -0.39 is 0 Å². The predicted molar refractivity (Wildman–Crippen MR) is 81.5 cm³/mol. The highest BCUT2D eigenvalue weighted by Gasteiger charge is 2.03. The lowest BCUT2D eigenvalue weighted by atomic mass is 10.0. The van der Waals surface area contributed by atoms with Crippen molar-refractivity contribution < 1.29 is 0 Å². The number of thiophene rings is 1. The lowest BCUT2D eigenvalue weighted by Gasteiger charge is -2.03. The first-order valence-electron chi connectivity index (χ1n) is 6.03. The Kier molecular flexibility index (Phi) is 2.80. The van der Waals surface area contributed by atoms with E-state index in [2.05, 4.69) is 60.1 Å². The molecule has 0 aliphatic rings. The number of fused-ring (bicyclic) bond motifs is 1. The highest BCUT2D eigenvalue weighted by atomic mass is 32.1. The van der Waals surface area contributed by atoms with Crippen LogP contribution in [-0.4, -0.2) is 7.05 Å². The van der Waals surface area contributed by atoms with Crippen molar-refractivity contribution in [2.45, 2.75) is 6.92 Å². The zero-order valence-electron chi connectivity index (χ0n) is 10.5. The highest BCUT2D eigenvalue weighted by Crippen LogP contribution is 2.31. The van der Waals surface area contributed by atoms with E-state index in [1.165, 1.54) is 32.5 Å². The first kappa shape index (κ1) is 11.3. The summed E-state index contributed by atoms with van der Waals surface area (Å²) in [5.41, 5.74) is 3.78. The molecule has 0 saturated heterocycles. The lowest BCUT2D eigenvalue weighted by Crippen LogP contribution is -1.82. The van der Waals surface area contributed by atoms with Gasteiger partial charge >= 0.3 is 0 Å². The van der Waals surface area contributed by atoms with E-state index >= 15 is 0 Å². The van der Waals surface area contributed by atoms with Crippen LogP contribution in [0.15, 0.2) is 47.8 Å². The number of hydrogen-bond donors (Lipinski definition) is 1. The van der Waals surface area contributed by atoms with E-state index in [-0.39, 0.29) is 0 Å². The maximum absolute atomic E-state index is 3.17. The molecule has 0 fully saturated rings. The number of hydrogen-bond acceptors (Lipinski definition) is 2. The molecule has 0 aliphatic heterocycles. The Morgan fingerprint density at radius 2 is 1.72 bits per heavy atom. The third kappa shape index (κ3) is 2.00. The maximum atomic E-state index is 3.17. The van der Waals surface area contributed by atoms with Gasteiger partial charge in [0.05, 0.1) is 0 Å². The van der Waals surface area contributed by atoms with E-state index in [0.29, 0.717) is 0 Å². The largest absolute Gasteiger partial charge is 0.387 e. The Morgan fingerprint density at radius 3 is 2.50 bits per heavy atom. The smallest absolute Gasteiger partial charge is 0.0452 e. The van der Waals surface area contributed by atoms with Gasteiger partial charge in [-0.2, -0.15) is 0 Å². The fraction of sp³-hybridized carbons (Fsp3) is 0.125. The van der Waals surface area contributed by atoms with Crippen molar-refractivity contribution in [2.24, 2.45) is 0 Å². The van der Waals surface area contributed by atoms with Crippen molar-refractivity contribution in [1.29, 1.82) is 0 Å². The van der Waals surface area contributed by atoms with Gasteiger partial charge in [0.2, 0.25) is 0 Å². The molecule has 1 heterocycles. The number of anilines is 1. The molecule has 0 atom stereocenters. The number of rotatable bonds is 2. The molecule has 18 heavy (non-hydrogen) atoms. The summed E-state index contributed by atoms with van der Waals surface area (Å²) in [6, 6.07) is 15.5. The normalized spacial score (nSPS) is 10.8. The van der Waals surface area contributed by atoms with E-state index in [1.807, 2.05) is 7.05 Å². The first-order chi connectivity index (χ1) is 8.76. The van der Waals surface area contributed by atoms with Crippen LogP contribution in [0.4, 0.5) is 5.69 Å². The number of benzene rings is 2. The third-order valence-electron chi connectivity index (χ3n) is 3.17. The Bertz CT molecular complexity index is 697. The van der Waals surface area contributed by atoms with Crippen LogP contribution in [0.3, 0.4) is 0 Å². The van der Waals surface area contributed by atoms with Crippen LogP contribution in [0.25, 0.3) is 21.2 Å². The van der Waals surface area contributed by atoms with Crippen molar-refractivity contribution in [3.8, 4) is 10.4 Å². The molecular weight excluding hydrogens is 238 g/mol. The Balaban J connectivity index is 2.10. The second-order valence-electron chi connectivity index (χ2n) is 4.52. The van der Waals surface area contributed by atoms with E-state index in [9.17, 15) is 0 Å². The summed E-state index contributed by atoms with van der Waals surface area (Å²) in [5, 5.41) is 7.93. The van der Waals surface area contributed by atoms with Crippen LogP contribution in [0, 0.1) is 6.92 Å². The summed E-state index contributed by atoms with van der Waals surface area (Å²) in [6.45, 7) is 2.13. The van der Waals surface area contributed by atoms with Gasteiger partial charge in [0.25, 0.3) is 0 Å². The van der Waals surface area contributed by atoms with Crippen molar-refractivity contribution in [1.82, 2.24) is 0 Å². The van der Waals surface area contributed by atoms with Gasteiger partial charge in [-0.3, -0.25) is 0 Å². The monoisotopic (exact) mass is 253 g/mol. The molecule has 0 radical (unpaired) electrons. The molecule has 1 aromatic heterocycles. The van der Waals surface area contributed by atoms with Crippen LogP contribution < -0.4 is 5.32 Å². The SMILES string of the molecule is CNc1csc(-c2ccc3cc(C)ccc3c2)c1. The Morgan fingerprint density at radius 1 is 0.944 bits per heavy atom. The molecule has 0 bridgehead atoms. The topological polar surface area (TPSA) is 12.0 Å². The third-order valence-corrected chi connectivity index (χ3v) is 4.15. The fourth-order valence-corrected chi connectivity index (χ4v) is 3.04. The molecule has 1 N–H and O–H groups in total. The van der Waals surface area contributed by atoms with Gasteiger partial charge in [-0.1, -0.05) is 35.9 Å². The van der Waals surface area contributed by atoms with Gasteiger partial charge < -0.3 is 5.32 Å². The Hall–Kier alpha value is -1.80. The quantitative estimate of drug-likeness (QED) is 0.683. The fourth-order valence-electron chi connectivity index (χ4n) is 2.14. The predicted octanol–water partition coefficient (Wildman–Crippen LogP) is 4.92. The van der Waals surface area contributed by atoms with Gasteiger partial charge in [0.15, 0.2) is 0 Å². The standard InChI is InChI=1S/C16H15NS/c1-11-3-4-13-8-14(6-5-12(13)7-11)16-9-15(17-2)10-18-16/h3-10,17H,1-2H3. The van der Waals surface area contributed by atoms with E-state index in [1.54, 1.807) is 11.3 Å². The van der Waals surface area contributed by atoms with Crippen molar-refractivity contribution in [3.63, 3.8) is 0 Å². The van der Waals surface area contributed by atoms with Crippen LogP contribution in [0.1, 0.15) is 5.56 Å². The summed E-state index contributed by atoms with van der Waals surface area (Å²) >= 11 is 1.78. The van der Waals surface area contributed by atoms with E-state index in [4.69, 9.17) is 0 Å². The zero-order chi connectivity index (χ0) is 12.5. The van der Waals surface area contributed by atoms with Crippen LogP contribution >= 0.6 is 11.3 Å². The number of nitrogens with one attached hydrogen (secondary N) is 1. The zero-order valence-corrected chi connectivity index (χ0v) is 11.3. The summed E-state index contributed by atoms with van der Waals surface area (Å²) in [6.07, 6.45) is 0. The minimum Gasteiger partial charge on any atom is -0.387 e. The highest BCUT2D eigenvalue weighted by molar-refractivity contribution is 7.14. The minimum absolute atomic E-state index is 1.18. The average Bonchev–Trinajstić information content (AvgIpc) is 2.87. The summed E-state index contributed by atoms with van der Waals surface area (Å²) in [5.74, 6) is 0. The molecular formula is C16H15NS. The minimum atomic E-state index is 1.18. The molecule has 2 aromatic carbocycles. The molecule has 1 nitrogen and oxygen atoms in total. The van der Waals surface area contributed by atoms with Crippen molar-refractivity contribution in [3.05, 3.63) is 53.4 Å². The molecule has 3 aromatic rings. The molecule has 0 amide bonds. The molecule has 90 valence electrons. The lowest BCUT2D eigenvalue weighted by molar-refractivity contribution is 1.51. The summed E-state index contributed by atoms with van der Waals surface area (Å²) in [7, 11) is 1.95. The van der Waals surface area contributed by atoms with Crippen LogP contribution in [0.2, 0.25) is 0 Å². The van der Waals surface area contributed by atoms with Gasteiger partial charge in [-0.25, -0.2) is 0 Å². The van der Waals surface area contributed by atoms with Crippen LogP contribution in [0.5, 0.6) is 0 Å².